The van der Waals surface area contributed by atoms with E-state index in [-0.39, 0.29) is 17.8 Å². The van der Waals surface area contributed by atoms with E-state index >= 15 is 0 Å². The van der Waals surface area contributed by atoms with Gasteiger partial charge in [-0.3, -0.25) is 4.79 Å². The summed E-state index contributed by atoms with van der Waals surface area (Å²) in [6.07, 6.45) is -0.245. The number of amides is 1. The third kappa shape index (κ3) is 3.08. The highest BCUT2D eigenvalue weighted by atomic mass is 16.6. The number of rotatable bonds is 3. The zero-order chi connectivity index (χ0) is 16.4. The van der Waals surface area contributed by atoms with Crippen LogP contribution in [0.4, 0.5) is 0 Å². The summed E-state index contributed by atoms with van der Waals surface area (Å²) in [4.78, 5) is 14.0. The zero-order valence-electron chi connectivity index (χ0n) is 13.2. The van der Waals surface area contributed by atoms with Gasteiger partial charge in [-0.2, -0.15) is 0 Å². The largest absolute Gasteiger partial charge is 0.507 e. The maximum Gasteiger partial charge on any atom is 0.257 e. The van der Waals surface area contributed by atoms with Gasteiger partial charge in [-0.25, -0.2) is 0 Å². The number of aryl methyl sites for hydroxylation is 1. The van der Waals surface area contributed by atoms with Gasteiger partial charge in [0.25, 0.3) is 5.91 Å². The van der Waals surface area contributed by atoms with Crippen LogP contribution in [0.15, 0.2) is 42.5 Å². The normalized spacial score (nSPS) is 16.0. The molecule has 23 heavy (non-hydrogen) atoms. The molecule has 0 bridgehead atoms. The van der Waals surface area contributed by atoms with Gasteiger partial charge in [0, 0.05) is 7.05 Å². The van der Waals surface area contributed by atoms with Gasteiger partial charge in [-0.1, -0.05) is 24.3 Å². The lowest BCUT2D eigenvalue weighted by Gasteiger charge is -2.29. The summed E-state index contributed by atoms with van der Waals surface area (Å²) in [6.45, 7) is 2.52. The smallest absolute Gasteiger partial charge is 0.257 e. The summed E-state index contributed by atoms with van der Waals surface area (Å²) in [7, 11) is 1.69. The molecular formula is C18H19NO4. The van der Waals surface area contributed by atoms with Crippen LogP contribution < -0.4 is 9.47 Å². The second-order valence-corrected chi connectivity index (χ2v) is 5.65. The molecule has 120 valence electrons. The summed E-state index contributed by atoms with van der Waals surface area (Å²) in [6, 6.07) is 12.6. The first-order valence-electron chi connectivity index (χ1n) is 7.49. The van der Waals surface area contributed by atoms with Crippen molar-refractivity contribution in [2.75, 3.05) is 20.2 Å². The molecule has 0 aliphatic carbocycles. The van der Waals surface area contributed by atoms with Crippen molar-refractivity contribution in [3.05, 3.63) is 53.6 Å². The van der Waals surface area contributed by atoms with Gasteiger partial charge in [-0.05, 0) is 30.7 Å². The number of fused-ring (bicyclic) bond motifs is 1. The molecule has 0 saturated heterocycles. The van der Waals surface area contributed by atoms with E-state index in [9.17, 15) is 9.90 Å². The number of likely N-dealkylation sites (N-methyl/N-ethyl adjacent to an activating group) is 1. The predicted molar refractivity (Wildman–Crippen MR) is 86.2 cm³/mol. The van der Waals surface area contributed by atoms with E-state index in [0.29, 0.717) is 35.8 Å². The van der Waals surface area contributed by atoms with Gasteiger partial charge < -0.3 is 19.5 Å². The van der Waals surface area contributed by atoms with Crippen molar-refractivity contribution in [2.24, 2.45) is 0 Å². The van der Waals surface area contributed by atoms with E-state index in [1.165, 1.54) is 4.90 Å². The molecule has 3 rings (SSSR count). The molecule has 1 amide bonds. The second-order valence-electron chi connectivity index (χ2n) is 5.65. The average Bonchev–Trinajstić information content (AvgIpc) is 2.56. The van der Waals surface area contributed by atoms with Crippen LogP contribution in [-0.4, -0.2) is 42.2 Å². The molecule has 0 aromatic heterocycles. The Balaban J connectivity index is 1.69. The fourth-order valence-corrected chi connectivity index (χ4v) is 2.58. The number of hydrogen-bond donors (Lipinski definition) is 1. The SMILES string of the molecule is Cc1cccc(C(=O)N(C)CC2COc3ccccc3O2)c1O. The molecule has 1 unspecified atom stereocenters. The molecular weight excluding hydrogens is 294 g/mol. The van der Waals surface area contributed by atoms with E-state index in [2.05, 4.69) is 0 Å². The highest BCUT2D eigenvalue weighted by Gasteiger charge is 2.25. The van der Waals surface area contributed by atoms with E-state index in [1.54, 1.807) is 32.2 Å². The van der Waals surface area contributed by atoms with Crippen LogP contribution in [0.2, 0.25) is 0 Å². The minimum Gasteiger partial charge on any atom is -0.507 e. The van der Waals surface area contributed by atoms with Gasteiger partial charge in [0.15, 0.2) is 17.6 Å². The quantitative estimate of drug-likeness (QED) is 0.946. The Morgan fingerprint density at radius 2 is 1.96 bits per heavy atom. The van der Waals surface area contributed by atoms with Crippen molar-refractivity contribution >= 4 is 5.91 Å². The van der Waals surface area contributed by atoms with Crippen LogP contribution >= 0.6 is 0 Å². The van der Waals surface area contributed by atoms with Gasteiger partial charge in [-0.15, -0.1) is 0 Å². The molecule has 2 aromatic carbocycles. The predicted octanol–water partition coefficient (Wildman–Crippen LogP) is 2.61. The monoisotopic (exact) mass is 313 g/mol. The summed E-state index contributed by atoms with van der Waals surface area (Å²) < 4.78 is 11.5. The molecule has 2 aromatic rings. The van der Waals surface area contributed by atoms with E-state index in [0.717, 1.165) is 0 Å². The molecule has 1 heterocycles. The van der Waals surface area contributed by atoms with Crippen LogP contribution in [0.3, 0.4) is 0 Å². The van der Waals surface area contributed by atoms with Crippen LogP contribution in [0.25, 0.3) is 0 Å². The Morgan fingerprint density at radius 1 is 1.22 bits per heavy atom. The zero-order valence-corrected chi connectivity index (χ0v) is 13.2. The minimum absolute atomic E-state index is 0.0236. The second kappa shape index (κ2) is 6.20. The Hall–Kier alpha value is -2.69. The van der Waals surface area contributed by atoms with E-state index in [4.69, 9.17) is 9.47 Å². The van der Waals surface area contributed by atoms with Crippen molar-refractivity contribution in [1.29, 1.82) is 0 Å². The Labute approximate surface area is 135 Å². The minimum atomic E-state index is -0.245. The molecule has 1 aliphatic heterocycles. The van der Waals surface area contributed by atoms with E-state index in [1.807, 2.05) is 24.3 Å². The lowest BCUT2D eigenvalue weighted by atomic mass is 10.1. The number of carbonyl (C=O) groups is 1. The molecule has 5 nitrogen and oxygen atoms in total. The Morgan fingerprint density at radius 3 is 2.74 bits per heavy atom. The first kappa shape index (κ1) is 15.2. The highest BCUT2D eigenvalue weighted by Crippen LogP contribution is 2.31. The number of benzene rings is 2. The van der Waals surface area contributed by atoms with Crippen molar-refractivity contribution in [1.82, 2.24) is 4.90 Å². The lowest BCUT2D eigenvalue weighted by molar-refractivity contribution is 0.0519. The molecule has 0 saturated carbocycles. The molecule has 1 N–H and O–H groups in total. The summed E-state index contributed by atoms with van der Waals surface area (Å²) in [5.41, 5.74) is 0.972. The molecule has 0 fully saturated rings. The van der Waals surface area contributed by atoms with Crippen LogP contribution in [0.5, 0.6) is 17.2 Å². The van der Waals surface area contributed by atoms with Gasteiger partial charge in [0.1, 0.15) is 12.4 Å². The first-order chi connectivity index (χ1) is 11.1. The van der Waals surface area contributed by atoms with Gasteiger partial charge in [0.2, 0.25) is 0 Å². The molecule has 0 radical (unpaired) electrons. The van der Waals surface area contributed by atoms with Gasteiger partial charge >= 0.3 is 0 Å². The summed E-state index contributed by atoms with van der Waals surface area (Å²) in [5, 5.41) is 10.0. The molecule has 5 heteroatoms. The topological polar surface area (TPSA) is 59.0 Å². The number of hydrogen-bond acceptors (Lipinski definition) is 4. The number of ether oxygens (including phenoxy) is 2. The molecule has 1 atom stereocenters. The fraction of sp³-hybridized carbons (Fsp3) is 0.278. The fourth-order valence-electron chi connectivity index (χ4n) is 2.58. The van der Waals surface area contributed by atoms with Gasteiger partial charge in [0.05, 0.1) is 12.1 Å². The third-order valence-corrected chi connectivity index (χ3v) is 3.86. The summed E-state index contributed by atoms with van der Waals surface area (Å²) >= 11 is 0. The van der Waals surface area contributed by atoms with Crippen LogP contribution in [-0.2, 0) is 0 Å². The maximum atomic E-state index is 12.5. The molecule has 0 spiro atoms. The third-order valence-electron chi connectivity index (χ3n) is 3.86. The average molecular weight is 313 g/mol. The van der Waals surface area contributed by atoms with Crippen molar-refractivity contribution < 1.29 is 19.4 Å². The lowest BCUT2D eigenvalue weighted by Crippen LogP contribution is -2.41. The number of para-hydroxylation sites is 3. The number of phenols is 1. The van der Waals surface area contributed by atoms with E-state index < -0.39 is 0 Å². The number of carbonyl (C=O) groups excluding carboxylic acids is 1. The highest BCUT2D eigenvalue weighted by molar-refractivity contribution is 5.97. The first-order valence-corrected chi connectivity index (χ1v) is 7.49. The Kier molecular flexibility index (Phi) is 4.10. The van der Waals surface area contributed by atoms with Crippen molar-refractivity contribution in [3.63, 3.8) is 0 Å². The number of phenolic OH excluding ortho intramolecular Hbond substituents is 1. The number of nitrogens with zero attached hydrogens (tertiary/aromatic N) is 1. The van der Waals surface area contributed by atoms with Crippen LogP contribution in [0.1, 0.15) is 15.9 Å². The Bertz CT molecular complexity index is 729. The van der Waals surface area contributed by atoms with Crippen LogP contribution in [0, 0.1) is 6.92 Å². The van der Waals surface area contributed by atoms with Crippen molar-refractivity contribution in [2.45, 2.75) is 13.0 Å². The summed E-state index contributed by atoms with van der Waals surface area (Å²) in [5.74, 6) is 1.18. The molecule has 1 aliphatic rings. The standard InChI is InChI=1S/C18H19NO4/c1-12-6-5-7-14(17(12)20)18(21)19(2)10-13-11-22-15-8-3-4-9-16(15)23-13/h3-9,13,20H,10-11H2,1-2H3. The number of aromatic hydroxyl groups is 1. The van der Waals surface area contributed by atoms with Crippen molar-refractivity contribution in [3.8, 4) is 17.2 Å². The maximum absolute atomic E-state index is 12.5.